The number of ether oxygens (including phenoxy) is 1. The lowest BCUT2D eigenvalue weighted by Gasteiger charge is -2.33. The van der Waals surface area contributed by atoms with E-state index in [2.05, 4.69) is 0 Å². The van der Waals surface area contributed by atoms with Crippen molar-refractivity contribution in [1.82, 2.24) is 4.90 Å². The summed E-state index contributed by atoms with van der Waals surface area (Å²) in [5.74, 6) is -4.75. The van der Waals surface area contributed by atoms with Crippen LogP contribution in [0, 0.1) is 17.7 Å². The van der Waals surface area contributed by atoms with Gasteiger partial charge in [-0.25, -0.2) is 4.39 Å². The number of rotatable bonds is 2. The molecule has 2 heterocycles. The molecule has 6 rings (SSSR count). The summed E-state index contributed by atoms with van der Waals surface area (Å²) in [5, 5.41) is 0. The zero-order valence-corrected chi connectivity index (χ0v) is 17.8. The van der Waals surface area contributed by atoms with Crippen molar-refractivity contribution in [2.45, 2.75) is 49.9 Å². The molecule has 2 saturated heterocycles. The first-order chi connectivity index (χ1) is 15.9. The number of imide groups is 1. The van der Waals surface area contributed by atoms with E-state index < -0.39 is 52.7 Å². The van der Waals surface area contributed by atoms with E-state index in [0.717, 1.165) is 19.3 Å². The van der Waals surface area contributed by atoms with E-state index in [9.17, 15) is 23.6 Å². The van der Waals surface area contributed by atoms with E-state index in [4.69, 9.17) is 4.74 Å². The van der Waals surface area contributed by atoms with Gasteiger partial charge in [0.25, 0.3) is 0 Å². The Morgan fingerprint density at radius 3 is 2.03 bits per heavy atom. The second kappa shape index (κ2) is 7.15. The van der Waals surface area contributed by atoms with Crippen molar-refractivity contribution in [2.24, 2.45) is 11.8 Å². The van der Waals surface area contributed by atoms with Gasteiger partial charge in [0.15, 0.2) is 0 Å². The molecule has 2 aliphatic heterocycles. The van der Waals surface area contributed by atoms with Crippen LogP contribution in [0.25, 0.3) is 0 Å². The molecule has 0 N–H and O–H groups in total. The predicted molar refractivity (Wildman–Crippen MR) is 114 cm³/mol. The van der Waals surface area contributed by atoms with Crippen LogP contribution in [-0.2, 0) is 14.3 Å². The second-order valence-corrected chi connectivity index (χ2v) is 9.37. The third-order valence-electron chi connectivity index (χ3n) is 7.69. The molecule has 2 aliphatic carbocycles. The highest BCUT2D eigenvalue weighted by Gasteiger charge is 2.75. The van der Waals surface area contributed by atoms with Gasteiger partial charge in [0.2, 0.25) is 29.0 Å². The Kier molecular flexibility index (Phi) is 4.43. The van der Waals surface area contributed by atoms with Gasteiger partial charge in [-0.15, -0.1) is 0 Å². The van der Waals surface area contributed by atoms with Gasteiger partial charge in [-0.3, -0.25) is 24.1 Å². The summed E-state index contributed by atoms with van der Waals surface area (Å²) < 4.78 is 19.8. The number of hydrogen-bond acceptors (Lipinski definition) is 5. The highest BCUT2D eigenvalue weighted by molar-refractivity contribution is 6.35. The lowest BCUT2D eigenvalue weighted by atomic mass is 9.77. The molecule has 2 aromatic carbocycles. The van der Waals surface area contributed by atoms with E-state index in [-0.39, 0.29) is 17.2 Å². The molecule has 0 unspecified atom stereocenters. The topological polar surface area (TPSA) is 80.8 Å². The van der Waals surface area contributed by atoms with Gasteiger partial charge in [-0.2, -0.15) is 0 Å². The fourth-order valence-electron chi connectivity index (χ4n) is 6.19. The van der Waals surface area contributed by atoms with Crippen LogP contribution >= 0.6 is 0 Å². The number of likely N-dealkylation sites (tertiary alicyclic amines) is 1. The third kappa shape index (κ3) is 2.63. The van der Waals surface area contributed by atoms with Crippen LogP contribution in [0.3, 0.4) is 0 Å². The van der Waals surface area contributed by atoms with Crippen molar-refractivity contribution in [3.05, 3.63) is 71.0 Å². The quantitative estimate of drug-likeness (QED) is 0.519. The molecule has 3 atom stereocenters. The Morgan fingerprint density at radius 1 is 0.818 bits per heavy atom. The van der Waals surface area contributed by atoms with Crippen molar-refractivity contribution in [3.8, 4) is 0 Å². The molecule has 6 nitrogen and oxygen atoms in total. The molecule has 7 heteroatoms. The molecular formula is C26H22FNO5. The molecule has 2 amide bonds. The Hall–Kier alpha value is -3.19. The summed E-state index contributed by atoms with van der Waals surface area (Å²) in [6.45, 7) is 0. The zero-order valence-electron chi connectivity index (χ0n) is 17.8. The molecule has 33 heavy (non-hydrogen) atoms. The number of fused-ring (bicyclic) bond motifs is 3. The first-order valence-electron chi connectivity index (χ1n) is 11.4. The Bertz CT molecular complexity index is 1160. The van der Waals surface area contributed by atoms with E-state index in [1.807, 2.05) is 0 Å². The van der Waals surface area contributed by atoms with Gasteiger partial charge in [-0.1, -0.05) is 55.7 Å². The summed E-state index contributed by atoms with van der Waals surface area (Å²) in [7, 11) is 0. The number of amides is 2. The Balaban J connectivity index is 1.50. The summed E-state index contributed by atoms with van der Waals surface area (Å²) in [4.78, 5) is 56.1. The van der Waals surface area contributed by atoms with Gasteiger partial charge >= 0.3 is 0 Å². The number of halogens is 1. The Labute approximate surface area is 189 Å². The number of benzene rings is 2. The number of carbonyl (C=O) groups excluding carboxylic acids is 4. The molecule has 0 aromatic heterocycles. The van der Waals surface area contributed by atoms with Crippen LogP contribution in [0.4, 0.5) is 4.39 Å². The number of Topliss-reactive ketones (excluding diaryl/α,β-unsaturated/α-hetero) is 2. The van der Waals surface area contributed by atoms with Crippen molar-refractivity contribution < 1.29 is 28.3 Å². The van der Waals surface area contributed by atoms with Gasteiger partial charge in [0.05, 0.1) is 17.9 Å². The van der Waals surface area contributed by atoms with Crippen molar-refractivity contribution in [3.63, 3.8) is 0 Å². The molecule has 0 radical (unpaired) electrons. The largest absolute Gasteiger partial charge is 0.349 e. The monoisotopic (exact) mass is 447 g/mol. The number of ketones is 2. The van der Waals surface area contributed by atoms with E-state index >= 15 is 0 Å². The minimum Gasteiger partial charge on any atom is -0.349 e. The lowest BCUT2D eigenvalue weighted by molar-refractivity contribution is -0.148. The summed E-state index contributed by atoms with van der Waals surface area (Å²) in [5.41, 5.74) is -1.19. The Morgan fingerprint density at radius 2 is 1.42 bits per heavy atom. The molecule has 1 saturated carbocycles. The average Bonchev–Trinajstić information content (AvgIpc) is 3.40. The fourth-order valence-corrected chi connectivity index (χ4v) is 6.19. The maximum atomic E-state index is 13.8. The van der Waals surface area contributed by atoms with Crippen LogP contribution in [0.15, 0.2) is 48.5 Å². The molecule has 0 bridgehead atoms. The molecular weight excluding hydrogens is 425 g/mol. The predicted octanol–water partition coefficient (Wildman–Crippen LogP) is 3.65. The van der Waals surface area contributed by atoms with Crippen LogP contribution in [0.1, 0.15) is 64.5 Å². The highest BCUT2D eigenvalue weighted by atomic mass is 19.1. The van der Waals surface area contributed by atoms with Gasteiger partial charge < -0.3 is 4.74 Å². The molecule has 2 aromatic rings. The third-order valence-corrected chi connectivity index (χ3v) is 7.69. The number of carbonyl (C=O) groups is 4. The SMILES string of the molecule is O=C1[C@@H]2[C@H](c3ccc(F)cc3)OC3(C(=O)c4ccccc4C3=O)[C@H]2C(=O)N1C1CCCCC1. The average molecular weight is 447 g/mol. The lowest BCUT2D eigenvalue weighted by Crippen LogP contribution is -2.52. The zero-order chi connectivity index (χ0) is 22.9. The van der Waals surface area contributed by atoms with E-state index in [0.29, 0.717) is 18.4 Å². The second-order valence-electron chi connectivity index (χ2n) is 9.37. The first kappa shape index (κ1) is 20.4. The minimum atomic E-state index is -2.07. The summed E-state index contributed by atoms with van der Waals surface area (Å²) >= 11 is 0. The van der Waals surface area contributed by atoms with E-state index in [1.54, 1.807) is 24.3 Å². The van der Waals surface area contributed by atoms with Crippen molar-refractivity contribution >= 4 is 23.4 Å². The minimum absolute atomic E-state index is 0.206. The molecule has 4 aliphatic rings. The maximum absolute atomic E-state index is 13.8. The van der Waals surface area contributed by atoms with Crippen LogP contribution < -0.4 is 0 Å². The maximum Gasteiger partial charge on any atom is 0.237 e. The highest BCUT2D eigenvalue weighted by Crippen LogP contribution is 2.57. The van der Waals surface area contributed by atoms with Crippen LogP contribution in [0.2, 0.25) is 0 Å². The summed E-state index contributed by atoms with van der Waals surface area (Å²) in [6.07, 6.45) is 3.33. The van der Waals surface area contributed by atoms with Gasteiger partial charge in [0.1, 0.15) is 5.82 Å². The standard InChI is InChI=1S/C26H22FNO5/c27-15-12-10-14(11-13-15)21-19-20(25(32)28(24(19)31)16-6-2-1-3-7-16)26(33-21)22(29)17-8-4-5-9-18(17)23(26)30/h4-5,8-13,16,19-21H,1-3,6-7H2/t19-,20+,21-/m0/s1. The van der Waals surface area contributed by atoms with Crippen LogP contribution in [0.5, 0.6) is 0 Å². The smallest absolute Gasteiger partial charge is 0.237 e. The number of nitrogens with zero attached hydrogens (tertiary/aromatic N) is 1. The normalized spacial score (nSPS) is 28.6. The van der Waals surface area contributed by atoms with Gasteiger partial charge in [-0.05, 0) is 30.5 Å². The fraction of sp³-hybridized carbons (Fsp3) is 0.385. The van der Waals surface area contributed by atoms with Crippen molar-refractivity contribution in [2.75, 3.05) is 0 Å². The van der Waals surface area contributed by atoms with E-state index in [1.165, 1.54) is 29.2 Å². The first-order valence-corrected chi connectivity index (χ1v) is 11.4. The van der Waals surface area contributed by atoms with Crippen molar-refractivity contribution in [1.29, 1.82) is 0 Å². The summed E-state index contributed by atoms with van der Waals surface area (Å²) in [6, 6.07) is 11.6. The number of hydrogen-bond donors (Lipinski definition) is 0. The van der Waals surface area contributed by atoms with Crippen LogP contribution in [-0.4, -0.2) is 39.9 Å². The molecule has 168 valence electrons. The molecule has 3 fully saturated rings. The van der Waals surface area contributed by atoms with Gasteiger partial charge in [0, 0.05) is 17.2 Å². The molecule has 1 spiro atoms.